The van der Waals surface area contributed by atoms with Crippen molar-refractivity contribution in [3.8, 4) is 0 Å². The molecule has 0 saturated carbocycles. The molecule has 0 aromatic carbocycles. The van der Waals surface area contributed by atoms with Crippen LogP contribution in [0.15, 0.2) is 0 Å². The highest BCUT2D eigenvalue weighted by Gasteiger charge is 2.10. The van der Waals surface area contributed by atoms with Crippen LogP contribution in [0.4, 0.5) is 0 Å². The summed E-state index contributed by atoms with van der Waals surface area (Å²) in [6, 6.07) is 0. The third-order valence-electron chi connectivity index (χ3n) is 1.15. The van der Waals surface area contributed by atoms with Crippen LogP contribution in [-0.4, -0.2) is 27.8 Å². The van der Waals surface area contributed by atoms with Crippen LogP contribution in [0.2, 0.25) is 0 Å². The van der Waals surface area contributed by atoms with Crippen LogP contribution < -0.4 is 0 Å². The quantitative estimate of drug-likeness (QED) is 0.557. The van der Waals surface area contributed by atoms with E-state index in [0.717, 1.165) is 0 Å². The molecule has 0 spiro atoms. The average Bonchev–Trinajstić information content (AvgIpc) is 2.50. The Bertz CT molecular complexity index is 256. The van der Waals surface area contributed by atoms with Crippen molar-refractivity contribution in [1.29, 1.82) is 0 Å². The van der Waals surface area contributed by atoms with Gasteiger partial charge in [-0.3, -0.25) is 0 Å². The summed E-state index contributed by atoms with van der Waals surface area (Å²) < 4.78 is 5.83. The molecule has 0 bridgehead atoms. The number of methoxy groups -OCH3 is 1. The van der Waals surface area contributed by atoms with Gasteiger partial charge in [0.05, 0.1) is 7.11 Å². The van der Waals surface area contributed by atoms with Gasteiger partial charge < -0.3 is 4.74 Å². The van der Waals surface area contributed by atoms with Crippen molar-refractivity contribution in [2.45, 2.75) is 13.5 Å². The molecule has 0 unspecified atom stereocenters. The van der Waals surface area contributed by atoms with Gasteiger partial charge in [-0.15, -0.1) is 5.10 Å². The second-order valence-electron chi connectivity index (χ2n) is 1.84. The van der Waals surface area contributed by atoms with E-state index in [1.165, 1.54) is 11.8 Å². The van der Waals surface area contributed by atoms with E-state index in [4.69, 9.17) is 0 Å². The predicted octanol–water partition coefficient (Wildman–Crippen LogP) is -0.115. The number of aromatic nitrogens is 3. The van der Waals surface area contributed by atoms with E-state index < -0.39 is 5.97 Å². The second kappa shape index (κ2) is 3.14. The van der Waals surface area contributed by atoms with E-state index >= 15 is 0 Å². The van der Waals surface area contributed by atoms with Gasteiger partial charge in [-0.25, -0.2) is 9.48 Å². The monoisotopic (exact) mass is 154 g/mol. The average molecular weight is 154 g/mol. The molecule has 0 atom stereocenters. The number of hydrogen-bond acceptors (Lipinski definition) is 4. The van der Waals surface area contributed by atoms with Gasteiger partial charge in [-0.1, -0.05) is 0 Å². The molecule has 0 aliphatic heterocycles. The smallest absolute Gasteiger partial charge is 0.377 e. The lowest BCUT2D eigenvalue weighted by Gasteiger charge is -1.90. The number of carbonyl (C=O) groups is 1. The fraction of sp³-hybridized carbons (Fsp3) is 0.500. The second-order valence-corrected chi connectivity index (χ2v) is 1.84. The van der Waals surface area contributed by atoms with E-state index in [1.807, 2.05) is 6.92 Å². The zero-order valence-corrected chi connectivity index (χ0v) is 6.37. The number of hydrogen-bond donors (Lipinski definition) is 0. The van der Waals surface area contributed by atoms with Crippen molar-refractivity contribution in [3.63, 3.8) is 0 Å². The predicted molar refractivity (Wildman–Crippen MR) is 35.9 cm³/mol. The molecule has 11 heavy (non-hydrogen) atoms. The van der Waals surface area contributed by atoms with E-state index in [9.17, 15) is 4.79 Å². The maximum absolute atomic E-state index is 10.8. The molecule has 0 aliphatic carbocycles. The van der Waals surface area contributed by atoms with Gasteiger partial charge >= 0.3 is 5.97 Å². The topological polar surface area (TPSA) is 57.0 Å². The molecule has 5 heteroatoms. The fourth-order valence-corrected chi connectivity index (χ4v) is 0.583. The lowest BCUT2D eigenvalue weighted by molar-refractivity contribution is 0.0586. The minimum atomic E-state index is -0.534. The number of aryl methyl sites for hydroxylation is 1. The molecule has 0 saturated heterocycles. The van der Waals surface area contributed by atoms with Gasteiger partial charge in [0.25, 0.3) is 5.82 Å². The van der Waals surface area contributed by atoms with Crippen molar-refractivity contribution in [1.82, 2.24) is 14.8 Å². The highest BCUT2D eigenvalue weighted by atomic mass is 16.5. The first-order chi connectivity index (χ1) is 5.27. The molecule has 0 aliphatic rings. The Morgan fingerprint density at radius 2 is 2.55 bits per heavy atom. The number of ether oxygens (including phenoxy) is 1. The van der Waals surface area contributed by atoms with Crippen LogP contribution in [0.25, 0.3) is 0 Å². The number of carbonyl (C=O) groups excluding carboxylic acids is 1. The van der Waals surface area contributed by atoms with Crippen molar-refractivity contribution in [2.75, 3.05) is 7.11 Å². The van der Waals surface area contributed by atoms with Gasteiger partial charge in [-0.2, -0.15) is 4.98 Å². The highest BCUT2D eigenvalue weighted by Crippen LogP contribution is 1.90. The van der Waals surface area contributed by atoms with Crippen molar-refractivity contribution < 1.29 is 9.53 Å². The van der Waals surface area contributed by atoms with Crippen LogP contribution in [0.5, 0.6) is 0 Å². The fourth-order valence-electron chi connectivity index (χ4n) is 0.583. The summed E-state index contributed by atoms with van der Waals surface area (Å²) >= 11 is 0. The third-order valence-corrected chi connectivity index (χ3v) is 1.15. The number of rotatable bonds is 2. The van der Waals surface area contributed by atoms with E-state index in [1.54, 1.807) is 0 Å². The van der Waals surface area contributed by atoms with Gasteiger partial charge in [0.1, 0.15) is 0 Å². The van der Waals surface area contributed by atoms with Crippen LogP contribution in [0.3, 0.4) is 0 Å². The van der Waals surface area contributed by atoms with Gasteiger partial charge in [0.2, 0.25) is 0 Å². The zero-order chi connectivity index (χ0) is 8.27. The number of esters is 1. The largest absolute Gasteiger partial charge is 0.463 e. The molecule has 0 N–H and O–H groups in total. The normalized spacial score (nSPS) is 9.64. The molecule has 1 aromatic heterocycles. The molecule has 5 nitrogen and oxygen atoms in total. The summed E-state index contributed by atoms with van der Waals surface area (Å²) in [5.74, 6) is -0.484. The summed E-state index contributed by atoms with van der Waals surface area (Å²) in [5, 5.41) is 3.77. The van der Waals surface area contributed by atoms with Gasteiger partial charge in [-0.05, 0) is 6.92 Å². The minimum absolute atomic E-state index is 0.0503. The van der Waals surface area contributed by atoms with Crippen molar-refractivity contribution in [2.24, 2.45) is 0 Å². The lowest BCUT2D eigenvalue weighted by atomic mass is 10.6. The van der Waals surface area contributed by atoms with E-state index in [2.05, 4.69) is 21.1 Å². The first kappa shape index (κ1) is 7.71. The molecule has 0 amide bonds. The van der Waals surface area contributed by atoms with Crippen LogP contribution >= 0.6 is 0 Å². The molecular formula is C6H8N3O2. The maximum Gasteiger partial charge on any atom is 0.377 e. The molecule has 1 heterocycles. The van der Waals surface area contributed by atoms with Gasteiger partial charge in [0.15, 0.2) is 6.33 Å². The minimum Gasteiger partial charge on any atom is -0.463 e. The first-order valence-corrected chi connectivity index (χ1v) is 3.18. The van der Waals surface area contributed by atoms with Crippen LogP contribution in [0.1, 0.15) is 17.5 Å². The Morgan fingerprint density at radius 3 is 3.00 bits per heavy atom. The lowest BCUT2D eigenvalue weighted by Crippen LogP contribution is -2.05. The Hall–Kier alpha value is -1.39. The number of nitrogens with zero attached hydrogens (tertiary/aromatic N) is 3. The third kappa shape index (κ3) is 1.54. The summed E-state index contributed by atoms with van der Waals surface area (Å²) in [7, 11) is 1.29. The van der Waals surface area contributed by atoms with Crippen molar-refractivity contribution >= 4 is 5.97 Å². The summed E-state index contributed by atoms with van der Waals surface area (Å²) in [5.41, 5.74) is 0. The molecule has 1 rings (SSSR count). The summed E-state index contributed by atoms with van der Waals surface area (Å²) in [6.45, 7) is 2.52. The Balaban J connectivity index is 2.80. The highest BCUT2D eigenvalue weighted by molar-refractivity contribution is 5.84. The van der Waals surface area contributed by atoms with E-state index in [0.29, 0.717) is 6.54 Å². The summed E-state index contributed by atoms with van der Waals surface area (Å²) in [4.78, 5) is 14.4. The molecule has 59 valence electrons. The maximum atomic E-state index is 10.8. The summed E-state index contributed by atoms with van der Waals surface area (Å²) in [6.07, 6.45) is 2.53. The van der Waals surface area contributed by atoms with E-state index in [-0.39, 0.29) is 5.82 Å². The Kier molecular flexibility index (Phi) is 2.20. The van der Waals surface area contributed by atoms with Gasteiger partial charge in [0, 0.05) is 6.54 Å². The zero-order valence-electron chi connectivity index (χ0n) is 6.37. The molecular weight excluding hydrogens is 146 g/mol. The standard InChI is InChI=1S/C6H8N3O2/c1-3-9-4-7-5(8-9)6(10)11-2/h3H2,1-2H3. The SMILES string of the molecule is CCn1[c]nc(C(=O)OC)n1. The van der Waals surface area contributed by atoms with Crippen LogP contribution in [-0.2, 0) is 11.3 Å². The first-order valence-electron chi connectivity index (χ1n) is 3.18. The molecule has 0 fully saturated rings. The Morgan fingerprint density at radius 1 is 1.82 bits per heavy atom. The molecule has 1 radical (unpaired) electrons. The van der Waals surface area contributed by atoms with Crippen molar-refractivity contribution in [3.05, 3.63) is 12.2 Å². The Labute approximate surface area is 64.0 Å². The molecule has 1 aromatic rings. The van der Waals surface area contributed by atoms with Crippen LogP contribution in [0, 0.1) is 6.33 Å².